The van der Waals surface area contributed by atoms with Crippen molar-refractivity contribution in [3.63, 3.8) is 0 Å². The van der Waals surface area contributed by atoms with Gasteiger partial charge in [-0.15, -0.1) is 0 Å². The molecule has 0 amide bonds. The van der Waals surface area contributed by atoms with E-state index in [1.165, 1.54) is 13.8 Å². The van der Waals surface area contributed by atoms with Gasteiger partial charge in [-0.25, -0.2) is 0 Å². The van der Waals surface area contributed by atoms with Crippen LogP contribution in [0.25, 0.3) is 0 Å². The Labute approximate surface area is 65.1 Å². The van der Waals surface area contributed by atoms with Crippen LogP contribution in [-0.4, -0.2) is 16.7 Å². The topological polar surface area (TPSA) is 0 Å². The number of hydrogen-bond donors (Lipinski definition) is 0. The van der Waals surface area contributed by atoms with Gasteiger partial charge in [-0.05, 0) is 0 Å². The van der Waals surface area contributed by atoms with E-state index in [0.29, 0.717) is 0 Å². The lowest BCUT2D eigenvalue weighted by Gasteiger charge is -2.20. The highest BCUT2D eigenvalue weighted by atomic mass is 32.2. The summed E-state index contributed by atoms with van der Waals surface area (Å²) in [4.78, 5) is 0. The van der Waals surface area contributed by atoms with Gasteiger partial charge < -0.3 is 0 Å². The Hall–Kier alpha value is -0.0000000000000000555. The molecule has 68 valence electrons. The maximum atomic E-state index is 12.0. The quantitative estimate of drug-likeness (QED) is 0.608. The van der Waals surface area contributed by atoms with E-state index in [2.05, 4.69) is 0 Å². The van der Waals surface area contributed by atoms with Crippen LogP contribution in [0, 0.1) is 0 Å². The Kier molecular flexibility index (Phi) is 3.16. The fourth-order valence-corrected chi connectivity index (χ4v) is 1.09. The first-order valence-electron chi connectivity index (χ1n) is 2.79. The molecule has 0 saturated heterocycles. The molecule has 0 aliphatic heterocycles. The standard InChI is InChI=1S/C5H7F5S/c1-3(2)11-5(9,10)4(6,7)8/h3H,1-2H3. The van der Waals surface area contributed by atoms with Crippen LogP contribution in [0.15, 0.2) is 0 Å². The lowest BCUT2D eigenvalue weighted by atomic mass is 10.6. The first-order valence-corrected chi connectivity index (χ1v) is 3.67. The van der Waals surface area contributed by atoms with Crippen molar-refractivity contribution >= 4 is 11.8 Å². The van der Waals surface area contributed by atoms with Crippen LogP contribution in [0.1, 0.15) is 13.8 Å². The van der Waals surface area contributed by atoms with Crippen LogP contribution in [0.2, 0.25) is 0 Å². The summed E-state index contributed by atoms with van der Waals surface area (Å²) < 4.78 is 58.3. The van der Waals surface area contributed by atoms with Crippen molar-refractivity contribution in [1.29, 1.82) is 0 Å². The molecule has 0 aliphatic carbocycles. The summed E-state index contributed by atoms with van der Waals surface area (Å²) in [6, 6.07) is 0. The van der Waals surface area contributed by atoms with E-state index in [0.717, 1.165) is 0 Å². The molecule has 0 radical (unpaired) electrons. The third-order valence-electron chi connectivity index (χ3n) is 0.714. The van der Waals surface area contributed by atoms with E-state index in [1.807, 2.05) is 0 Å². The monoisotopic (exact) mass is 194 g/mol. The smallest absolute Gasteiger partial charge is 0.184 e. The van der Waals surface area contributed by atoms with Crippen molar-refractivity contribution in [2.24, 2.45) is 0 Å². The number of hydrogen-bond acceptors (Lipinski definition) is 1. The Bertz CT molecular complexity index is 127. The molecule has 0 aliphatic rings. The third kappa shape index (κ3) is 3.27. The van der Waals surface area contributed by atoms with Crippen molar-refractivity contribution in [3.05, 3.63) is 0 Å². The highest BCUT2D eigenvalue weighted by molar-refractivity contribution is 8.00. The fraction of sp³-hybridized carbons (Fsp3) is 1.00. The van der Waals surface area contributed by atoms with Gasteiger partial charge in [-0.1, -0.05) is 25.6 Å². The van der Waals surface area contributed by atoms with Gasteiger partial charge in [0.2, 0.25) is 0 Å². The fourth-order valence-electron chi connectivity index (χ4n) is 0.363. The highest BCUT2D eigenvalue weighted by Gasteiger charge is 2.58. The first kappa shape index (κ1) is 11.0. The molecule has 0 aromatic rings. The van der Waals surface area contributed by atoms with E-state index in [1.54, 1.807) is 0 Å². The zero-order valence-corrected chi connectivity index (χ0v) is 6.69. The summed E-state index contributed by atoms with van der Waals surface area (Å²) in [5.41, 5.74) is 0. The average Bonchev–Trinajstić information content (AvgIpc) is 1.56. The van der Waals surface area contributed by atoms with Crippen LogP contribution in [0.3, 0.4) is 0 Å². The molecule has 0 heterocycles. The van der Waals surface area contributed by atoms with Gasteiger partial charge >= 0.3 is 11.4 Å². The minimum absolute atomic E-state index is 0.395. The molecular weight excluding hydrogens is 187 g/mol. The summed E-state index contributed by atoms with van der Waals surface area (Å²) in [5, 5.41) is -5.37. The first-order chi connectivity index (χ1) is 4.67. The molecule has 11 heavy (non-hydrogen) atoms. The van der Waals surface area contributed by atoms with Crippen molar-refractivity contribution in [2.75, 3.05) is 0 Å². The SMILES string of the molecule is CC(C)SC(F)(F)C(F)(F)F. The molecule has 0 atom stereocenters. The van der Waals surface area contributed by atoms with E-state index < -0.39 is 28.4 Å². The van der Waals surface area contributed by atoms with Crippen LogP contribution >= 0.6 is 11.8 Å². The molecule has 6 heteroatoms. The number of rotatable bonds is 2. The molecule has 0 rings (SSSR count). The van der Waals surface area contributed by atoms with Gasteiger partial charge in [0, 0.05) is 5.25 Å². The van der Waals surface area contributed by atoms with E-state index in [4.69, 9.17) is 0 Å². The molecule has 0 bridgehead atoms. The lowest BCUT2D eigenvalue weighted by molar-refractivity contribution is -0.237. The molecule has 0 unspecified atom stereocenters. The van der Waals surface area contributed by atoms with Crippen molar-refractivity contribution in [1.82, 2.24) is 0 Å². The molecule has 0 spiro atoms. The molecule has 0 fully saturated rings. The molecular formula is C5H7F5S. The highest BCUT2D eigenvalue weighted by Crippen LogP contribution is 2.45. The van der Waals surface area contributed by atoms with Gasteiger partial charge in [0.25, 0.3) is 0 Å². The second-order valence-corrected chi connectivity index (χ2v) is 3.87. The predicted molar refractivity (Wildman–Crippen MR) is 33.7 cm³/mol. The minimum atomic E-state index is -5.44. The van der Waals surface area contributed by atoms with Gasteiger partial charge in [-0.3, -0.25) is 0 Å². The zero-order chi connectivity index (χ0) is 9.28. The van der Waals surface area contributed by atoms with E-state index in [9.17, 15) is 22.0 Å². The Morgan fingerprint density at radius 1 is 1.00 bits per heavy atom. The van der Waals surface area contributed by atoms with E-state index in [-0.39, 0.29) is 0 Å². The molecule has 0 nitrogen and oxygen atoms in total. The number of alkyl halides is 5. The van der Waals surface area contributed by atoms with Gasteiger partial charge in [0.1, 0.15) is 0 Å². The molecule has 0 aromatic heterocycles. The molecule has 0 aromatic carbocycles. The largest absolute Gasteiger partial charge is 0.464 e. The van der Waals surface area contributed by atoms with Crippen LogP contribution in [0.5, 0.6) is 0 Å². The van der Waals surface area contributed by atoms with Crippen molar-refractivity contribution in [3.8, 4) is 0 Å². The maximum Gasteiger partial charge on any atom is 0.464 e. The number of halogens is 5. The van der Waals surface area contributed by atoms with Gasteiger partial charge in [0.15, 0.2) is 0 Å². The number of thioether (sulfide) groups is 1. The summed E-state index contributed by atoms with van der Waals surface area (Å²) in [7, 11) is 0. The Morgan fingerprint density at radius 3 is 1.45 bits per heavy atom. The van der Waals surface area contributed by atoms with Crippen LogP contribution in [-0.2, 0) is 0 Å². The second kappa shape index (κ2) is 3.16. The zero-order valence-electron chi connectivity index (χ0n) is 5.88. The van der Waals surface area contributed by atoms with E-state index >= 15 is 0 Å². The van der Waals surface area contributed by atoms with Crippen molar-refractivity contribution < 1.29 is 22.0 Å². The lowest BCUT2D eigenvalue weighted by Crippen LogP contribution is -2.34. The van der Waals surface area contributed by atoms with Gasteiger partial charge in [-0.2, -0.15) is 22.0 Å². The summed E-state index contributed by atoms with van der Waals surface area (Å²) >= 11 is -0.395. The van der Waals surface area contributed by atoms with Gasteiger partial charge in [0.05, 0.1) is 0 Å². The van der Waals surface area contributed by atoms with Crippen molar-refractivity contribution in [2.45, 2.75) is 30.5 Å². The summed E-state index contributed by atoms with van der Waals surface area (Å²) in [6.45, 7) is 2.56. The Morgan fingerprint density at radius 2 is 1.36 bits per heavy atom. The minimum Gasteiger partial charge on any atom is -0.184 e. The van der Waals surface area contributed by atoms with Crippen LogP contribution < -0.4 is 0 Å². The average molecular weight is 194 g/mol. The summed E-state index contributed by atoms with van der Waals surface area (Å²) in [5.74, 6) is 0. The third-order valence-corrected chi connectivity index (χ3v) is 1.71. The molecule has 0 N–H and O–H groups in total. The normalized spacial score (nSPS) is 14.2. The summed E-state index contributed by atoms with van der Waals surface area (Å²) in [6.07, 6.45) is -5.44. The molecule has 0 saturated carbocycles. The Balaban J connectivity index is 4.22. The maximum absolute atomic E-state index is 12.0. The second-order valence-electron chi connectivity index (χ2n) is 2.18. The predicted octanol–water partition coefficient (Wildman–Crippen LogP) is 3.28. The van der Waals surface area contributed by atoms with Crippen LogP contribution in [0.4, 0.5) is 22.0 Å².